The van der Waals surface area contributed by atoms with Gasteiger partial charge in [-0.2, -0.15) is 0 Å². The minimum Gasteiger partial charge on any atom is -0.397 e. The first-order chi connectivity index (χ1) is 9.84. The average molecular weight is 343 g/mol. The molecule has 21 heavy (non-hydrogen) atoms. The van der Waals surface area contributed by atoms with Gasteiger partial charge in [0.25, 0.3) is 0 Å². The highest BCUT2D eigenvalue weighted by Crippen LogP contribution is 2.38. The maximum atomic E-state index is 12.2. The summed E-state index contributed by atoms with van der Waals surface area (Å²) in [7, 11) is -0.621. The number of hydrogen-bond donors (Lipinski definition) is 1. The Morgan fingerprint density at radius 1 is 1.05 bits per heavy atom. The lowest BCUT2D eigenvalue weighted by Gasteiger charge is -2.15. The van der Waals surface area contributed by atoms with E-state index in [1.165, 1.54) is 31.9 Å². The Hall–Kier alpha value is -1.21. The highest BCUT2D eigenvalue weighted by Gasteiger charge is 2.22. The summed E-state index contributed by atoms with van der Waals surface area (Å²) in [5, 5.41) is 0.600. The summed E-state index contributed by atoms with van der Waals surface area (Å²) in [5.74, 6) is 0. The predicted octanol–water partition coefficient (Wildman–Crippen LogP) is 3.32. The number of nitrogen functional groups attached to an aromatic ring is 1. The lowest BCUT2D eigenvalue weighted by molar-refractivity contribution is 0.521. The second kappa shape index (κ2) is 6.27. The summed E-state index contributed by atoms with van der Waals surface area (Å²) in [6.07, 6.45) is 0. The molecule has 0 atom stereocenters. The van der Waals surface area contributed by atoms with Gasteiger partial charge in [-0.25, -0.2) is 12.7 Å². The lowest BCUT2D eigenvalue weighted by atomic mass is 10.3. The second-order valence-corrected chi connectivity index (χ2v) is 8.10. The summed E-state index contributed by atoms with van der Waals surface area (Å²) in [5.41, 5.74) is 6.27. The molecule has 2 rings (SSSR count). The lowest BCUT2D eigenvalue weighted by Crippen LogP contribution is -2.23. The van der Waals surface area contributed by atoms with Crippen LogP contribution < -0.4 is 5.73 Å². The van der Waals surface area contributed by atoms with E-state index >= 15 is 0 Å². The van der Waals surface area contributed by atoms with Crippen molar-refractivity contribution >= 4 is 39.1 Å². The summed E-state index contributed by atoms with van der Waals surface area (Å²) in [6, 6.07) is 12.3. The van der Waals surface area contributed by atoms with Gasteiger partial charge < -0.3 is 5.73 Å². The third-order valence-electron chi connectivity index (χ3n) is 2.84. The van der Waals surface area contributed by atoms with Gasteiger partial charge in [0.15, 0.2) is 0 Å². The Labute approximate surface area is 134 Å². The van der Waals surface area contributed by atoms with E-state index in [4.69, 9.17) is 17.3 Å². The first-order valence-corrected chi connectivity index (χ1v) is 8.71. The van der Waals surface area contributed by atoms with Crippen LogP contribution in [0.5, 0.6) is 0 Å². The standard InChI is InChI=1S/C14H15ClN2O2S2/c1-17(2)21(18,19)13-9-5-8-12(14(13)16)20-11-7-4-3-6-10(11)15/h3-9H,16H2,1-2H3. The molecule has 0 saturated carbocycles. The molecule has 0 bridgehead atoms. The molecule has 2 N–H and O–H groups in total. The summed E-state index contributed by atoms with van der Waals surface area (Å²) < 4.78 is 25.6. The van der Waals surface area contributed by atoms with Gasteiger partial charge in [0, 0.05) is 23.9 Å². The first-order valence-electron chi connectivity index (χ1n) is 6.07. The van der Waals surface area contributed by atoms with Gasteiger partial charge in [-0.15, -0.1) is 0 Å². The topological polar surface area (TPSA) is 63.4 Å². The summed E-state index contributed by atoms with van der Waals surface area (Å²) in [6.45, 7) is 0. The molecule has 0 spiro atoms. The van der Waals surface area contributed by atoms with Crippen LogP contribution in [0, 0.1) is 0 Å². The maximum Gasteiger partial charge on any atom is 0.244 e. The van der Waals surface area contributed by atoms with Crippen molar-refractivity contribution in [1.29, 1.82) is 0 Å². The van der Waals surface area contributed by atoms with Crippen molar-refractivity contribution in [3.63, 3.8) is 0 Å². The van der Waals surface area contributed by atoms with Gasteiger partial charge in [0.2, 0.25) is 10.0 Å². The van der Waals surface area contributed by atoms with Crippen LogP contribution in [0.15, 0.2) is 57.2 Å². The van der Waals surface area contributed by atoms with Crippen LogP contribution in [0.3, 0.4) is 0 Å². The minimum atomic E-state index is -3.57. The summed E-state index contributed by atoms with van der Waals surface area (Å²) >= 11 is 7.46. The molecular formula is C14H15ClN2O2S2. The molecule has 2 aromatic rings. The number of rotatable bonds is 4. The van der Waals surface area contributed by atoms with Crippen LogP contribution in [0.2, 0.25) is 5.02 Å². The minimum absolute atomic E-state index is 0.101. The zero-order valence-corrected chi connectivity index (χ0v) is 14.0. The van der Waals surface area contributed by atoms with E-state index in [1.54, 1.807) is 18.2 Å². The third kappa shape index (κ3) is 3.35. The monoisotopic (exact) mass is 342 g/mol. The largest absolute Gasteiger partial charge is 0.397 e. The maximum absolute atomic E-state index is 12.2. The number of anilines is 1. The number of benzene rings is 2. The fourth-order valence-corrected chi connectivity index (χ4v) is 3.94. The number of nitrogens with zero attached hydrogens (tertiary/aromatic N) is 1. The Kier molecular flexibility index (Phi) is 4.83. The molecule has 0 aliphatic carbocycles. The number of hydrogen-bond acceptors (Lipinski definition) is 4. The zero-order valence-electron chi connectivity index (χ0n) is 11.6. The smallest absolute Gasteiger partial charge is 0.244 e. The van der Waals surface area contributed by atoms with Crippen molar-refractivity contribution in [2.45, 2.75) is 14.7 Å². The fraction of sp³-hybridized carbons (Fsp3) is 0.143. The molecule has 0 radical (unpaired) electrons. The highest BCUT2D eigenvalue weighted by molar-refractivity contribution is 7.99. The Bertz CT molecular complexity index is 761. The van der Waals surface area contributed by atoms with Gasteiger partial charge in [-0.3, -0.25) is 0 Å². The van der Waals surface area contributed by atoms with Crippen LogP contribution in [-0.2, 0) is 10.0 Å². The van der Waals surface area contributed by atoms with Crippen molar-refractivity contribution in [3.8, 4) is 0 Å². The van der Waals surface area contributed by atoms with Crippen LogP contribution in [0.25, 0.3) is 0 Å². The van der Waals surface area contributed by atoms with Gasteiger partial charge in [-0.05, 0) is 24.3 Å². The highest BCUT2D eigenvalue weighted by atomic mass is 35.5. The molecule has 0 amide bonds. The van der Waals surface area contributed by atoms with E-state index in [1.807, 2.05) is 18.2 Å². The molecule has 0 unspecified atom stereocenters. The molecule has 112 valence electrons. The number of sulfonamides is 1. The molecule has 0 heterocycles. The van der Waals surface area contributed by atoms with Gasteiger partial charge >= 0.3 is 0 Å². The van der Waals surface area contributed by atoms with Gasteiger partial charge in [-0.1, -0.05) is 41.6 Å². The Balaban J connectivity index is 2.47. The van der Waals surface area contributed by atoms with Crippen molar-refractivity contribution in [3.05, 3.63) is 47.5 Å². The molecule has 0 aromatic heterocycles. The van der Waals surface area contributed by atoms with Crippen molar-refractivity contribution in [2.75, 3.05) is 19.8 Å². The SMILES string of the molecule is CN(C)S(=O)(=O)c1cccc(Sc2ccccc2Cl)c1N. The molecule has 2 aromatic carbocycles. The molecule has 0 saturated heterocycles. The first kappa shape index (κ1) is 16.2. The van der Waals surface area contributed by atoms with Crippen molar-refractivity contribution in [1.82, 2.24) is 4.31 Å². The van der Waals surface area contributed by atoms with Crippen molar-refractivity contribution in [2.24, 2.45) is 0 Å². The summed E-state index contributed by atoms with van der Waals surface area (Å²) in [4.78, 5) is 1.58. The normalized spacial score (nSPS) is 11.8. The van der Waals surface area contributed by atoms with Crippen LogP contribution in [-0.4, -0.2) is 26.8 Å². The second-order valence-electron chi connectivity index (χ2n) is 4.49. The van der Waals surface area contributed by atoms with E-state index < -0.39 is 10.0 Å². The molecule has 0 aliphatic rings. The van der Waals surface area contributed by atoms with E-state index in [-0.39, 0.29) is 10.6 Å². The predicted molar refractivity (Wildman–Crippen MR) is 87.3 cm³/mol. The van der Waals surface area contributed by atoms with Crippen LogP contribution >= 0.6 is 23.4 Å². The average Bonchev–Trinajstić information content (AvgIpc) is 2.43. The zero-order chi connectivity index (χ0) is 15.6. The Morgan fingerprint density at radius 3 is 2.29 bits per heavy atom. The number of halogens is 1. The third-order valence-corrected chi connectivity index (χ3v) is 6.31. The molecule has 4 nitrogen and oxygen atoms in total. The van der Waals surface area contributed by atoms with Gasteiger partial charge in [0.05, 0.1) is 10.7 Å². The van der Waals surface area contributed by atoms with E-state index in [2.05, 4.69) is 0 Å². The molecular weight excluding hydrogens is 328 g/mol. The van der Waals surface area contributed by atoms with Gasteiger partial charge in [0.1, 0.15) is 4.90 Å². The van der Waals surface area contributed by atoms with Crippen LogP contribution in [0.1, 0.15) is 0 Å². The fourth-order valence-electron chi connectivity index (χ4n) is 1.68. The number of para-hydroxylation sites is 1. The van der Waals surface area contributed by atoms with Crippen LogP contribution in [0.4, 0.5) is 5.69 Å². The quantitative estimate of drug-likeness (QED) is 0.866. The Morgan fingerprint density at radius 2 is 1.67 bits per heavy atom. The molecule has 0 fully saturated rings. The number of nitrogens with two attached hydrogens (primary N) is 1. The van der Waals surface area contributed by atoms with E-state index in [9.17, 15) is 8.42 Å². The molecule has 7 heteroatoms. The van der Waals surface area contributed by atoms with E-state index in [0.717, 1.165) is 9.20 Å². The molecule has 0 aliphatic heterocycles. The van der Waals surface area contributed by atoms with E-state index in [0.29, 0.717) is 9.92 Å². The van der Waals surface area contributed by atoms with Crippen molar-refractivity contribution < 1.29 is 8.42 Å².